The fourth-order valence-electron chi connectivity index (χ4n) is 2.14. The van der Waals surface area contributed by atoms with Crippen LogP contribution in [-0.4, -0.2) is 25.5 Å². The molecule has 25 heavy (non-hydrogen) atoms. The molecule has 0 fully saturated rings. The van der Waals surface area contributed by atoms with Gasteiger partial charge in [-0.2, -0.15) is 0 Å². The molecular weight excluding hydrogens is 318 g/mol. The number of nitrogens with one attached hydrogen (secondary N) is 1. The monoisotopic (exact) mass is 339 g/mol. The molecule has 0 spiro atoms. The normalized spacial score (nSPS) is 10.9. The van der Waals surface area contributed by atoms with Crippen LogP contribution in [0.3, 0.4) is 0 Å². The molecule has 130 valence electrons. The van der Waals surface area contributed by atoms with Gasteiger partial charge in [0, 0.05) is 17.3 Å². The lowest BCUT2D eigenvalue weighted by molar-refractivity contribution is -0.135. The van der Waals surface area contributed by atoms with E-state index in [1.54, 1.807) is 24.3 Å². The molecule has 0 saturated heterocycles. The number of rotatable bonds is 7. The van der Waals surface area contributed by atoms with Gasteiger partial charge in [-0.05, 0) is 50.2 Å². The van der Waals surface area contributed by atoms with E-state index in [0.29, 0.717) is 23.6 Å². The Hall–Kier alpha value is -3.08. The lowest BCUT2D eigenvalue weighted by Crippen LogP contribution is -2.15. The van der Waals surface area contributed by atoms with E-state index in [2.05, 4.69) is 5.32 Å². The molecular formula is C20H21NO4. The topological polar surface area (TPSA) is 64.6 Å². The van der Waals surface area contributed by atoms with E-state index in [0.717, 1.165) is 5.56 Å². The number of carbonyl (C=O) groups excluding carboxylic acids is 2. The minimum absolute atomic E-state index is 0.0743. The van der Waals surface area contributed by atoms with E-state index in [9.17, 15) is 9.59 Å². The lowest BCUT2D eigenvalue weighted by atomic mass is 10.1. The second-order valence-corrected chi connectivity index (χ2v) is 5.36. The number of hydrogen-bond donors (Lipinski definition) is 1. The Morgan fingerprint density at radius 3 is 2.24 bits per heavy atom. The van der Waals surface area contributed by atoms with Crippen LogP contribution in [0.15, 0.2) is 60.3 Å². The van der Waals surface area contributed by atoms with Gasteiger partial charge in [-0.3, -0.25) is 4.79 Å². The first kappa shape index (κ1) is 18.3. The van der Waals surface area contributed by atoms with E-state index in [1.807, 2.05) is 38.1 Å². The molecule has 0 amide bonds. The molecule has 0 heterocycles. The molecule has 2 aromatic rings. The summed E-state index contributed by atoms with van der Waals surface area (Å²) in [5.41, 5.74) is 2.32. The number of anilines is 1. The van der Waals surface area contributed by atoms with Gasteiger partial charge in [-0.25, -0.2) is 4.79 Å². The zero-order chi connectivity index (χ0) is 18.2. The van der Waals surface area contributed by atoms with Crippen LogP contribution in [0.1, 0.15) is 22.8 Å². The Morgan fingerprint density at radius 2 is 1.68 bits per heavy atom. The SMILES string of the molecule is CCOc1ccc(C(=O)/C=C(\Nc2ccc(C)cc2)C(=O)OC)cc1. The maximum atomic E-state index is 12.4. The molecule has 0 aliphatic carbocycles. The standard InChI is InChI=1S/C20H21NO4/c1-4-25-17-11-7-15(8-12-17)19(22)13-18(20(23)24-3)21-16-9-5-14(2)6-10-16/h5-13,21H,4H2,1-3H3/b18-13-. The van der Waals surface area contributed by atoms with Crippen LogP contribution >= 0.6 is 0 Å². The first-order valence-corrected chi connectivity index (χ1v) is 7.94. The van der Waals surface area contributed by atoms with Gasteiger partial charge in [0.15, 0.2) is 5.78 Å². The number of methoxy groups -OCH3 is 1. The molecule has 0 aliphatic heterocycles. The molecule has 0 radical (unpaired) electrons. The van der Waals surface area contributed by atoms with Crippen molar-refractivity contribution in [2.75, 3.05) is 19.0 Å². The first-order valence-electron chi connectivity index (χ1n) is 7.94. The highest BCUT2D eigenvalue weighted by Gasteiger charge is 2.13. The van der Waals surface area contributed by atoms with Gasteiger partial charge >= 0.3 is 5.97 Å². The third-order valence-corrected chi connectivity index (χ3v) is 3.46. The van der Waals surface area contributed by atoms with Gasteiger partial charge in [0.25, 0.3) is 0 Å². The highest BCUT2D eigenvalue weighted by Crippen LogP contribution is 2.15. The number of hydrogen-bond acceptors (Lipinski definition) is 5. The van der Waals surface area contributed by atoms with E-state index in [1.165, 1.54) is 13.2 Å². The van der Waals surface area contributed by atoms with Crippen LogP contribution in [0.5, 0.6) is 5.75 Å². The molecule has 0 atom stereocenters. The minimum atomic E-state index is -0.611. The molecule has 0 unspecified atom stereocenters. The number of aryl methyl sites for hydroxylation is 1. The second-order valence-electron chi connectivity index (χ2n) is 5.36. The quantitative estimate of drug-likeness (QED) is 0.473. The highest BCUT2D eigenvalue weighted by molar-refractivity contribution is 6.09. The molecule has 5 heteroatoms. The summed E-state index contributed by atoms with van der Waals surface area (Å²) < 4.78 is 10.1. The van der Waals surface area contributed by atoms with Crippen molar-refractivity contribution in [3.8, 4) is 5.75 Å². The van der Waals surface area contributed by atoms with Crippen LogP contribution < -0.4 is 10.1 Å². The Labute approximate surface area is 147 Å². The molecule has 1 N–H and O–H groups in total. The van der Waals surface area contributed by atoms with Crippen molar-refractivity contribution < 1.29 is 19.1 Å². The Balaban J connectivity index is 2.22. The van der Waals surface area contributed by atoms with Crippen LogP contribution in [-0.2, 0) is 9.53 Å². The average molecular weight is 339 g/mol. The van der Waals surface area contributed by atoms with Gasteiger partial charge in [0.2, 0.25) is 0 Å². The van der Waals surface area contributed by atoms with Crippen LogP contribution in [0.2, 0.25) is 0 Å². The molecule has 2 rings (SSSR count). The van der Waals surface area contributed by atoms with Gasteiger partial charge in [0.05, 0.1) is 13.7 Å². The summed E-state index contributed by atoms with van der Waals surface area (Å²) in [5, 5.41) is 2.93. The maximum Gasteiger partial charge on any atom is 0.354 e. The summed E-state index contributed by atoms with van der Waals surface area (Å²) in [6, 6.07) is 14.2. The average Bonchev–Trinajstić information content (AvgIpc) is 2.63. The van der Waals surface area contributed by atoms with E-state index in [4.69, 9.17) is 9.47 Å². The maximum absolute atomic E-state index is 12.4. The number of carbonyl (C=O) groups is 2. The third kappa shape index (κ3) is 5.21. The van der Waals surface area contributed by atoms with Crippen LogP contribution in [0.25, 0.3) is 0 Å². The van der Waals surface area contributed by atoms with Crippen LogP contribution in [0.4, 0.5) is 5.69 Å². The Morgan fingerprint density at radius 1 is 1.04 bits per heavy atom. The lowest BCUT2D eigenvalue weighted by Gasteiger charge is -2.09. The third-order valence-electron chi connectivity index (χ3n) is 3.46. The van der Waals surface area contributed by atoms with Crippen LogP contribution in [0, 0.1) is 6.92 Å². The van der Waals surface area contributed by atoms with Gasteiger partial charge in [-0.15, -0.1) is 0 Å². The number of allylic oxidation sites excluding steroid dienone is 1. The predicted octanol–water partition coefficient (Wildman–Crippen LogP) is 3.75. The van der Waals surface area contributed by atoms with E-state index < -0.39 is 5.97 Å². The zero-order valence-corrected chi connectivity index (χ0v) is 14.5. The van der Waals surface area contributed by atoms with Crippen molar-refractivity contribution in [3.63, 3.8) is 0 Å². The number of esters is 1. The first-order chi connectivity index (χ1) is 12.0. The summed E-state index contributed by atoms with van der Waals surface area (Å²) >= 11 is 0. The minimum Gasteiger partial charge on any atom is -0.494 e. The van der Waals surface area contributed by atoms with E-state index >= 15 is 0 Å². The van der Waals surface area contributed by atoms with Gasteiger partial charge in [0.1, 0.15) is 11.4 Å². The number of benzene rings is 2. The van der Waals surface area contributed by atoms with Crippen molar-refractivity contribution in [2.45, 2.75) is 13.8 Å². The fourth-order valence-corrected chi connectivity index (χ4v) is 2.14. The van der Waals surface area contributed by atoms with Crippen molar-refractivity contribution in [1.29, 1.82) is 0 Å². The molecule has 0 saturated carbocycles. The van der Waals surface area contributed by atoms with Crippen molar-refractivity contribution >= 4 is 17.4 Å². The van der Waals surface area contributed by atoms with E-state index in [-0.39, 0.29) is 11.5 Å². The summed E-state index contributed by atoms with van der Waals surface area (Å²) in [4.78, 5) is 24.4. The fraction of sp³-hybridized carbons (Fsp3) is 0.200. The molecule has 0 aliphatic rings. The van der Waals surface area contributed by atoms with Crippen molar-refractivity contribution in [1.82, 2.24) is 0 Å². The molecule has 2 aromatic carbocycles. The Bertz CT molecular complexity index is 761. The summed E-state index contributed by atoms with van der Waals surface area (Å²) in [6.07, 6.45) is 1.24. The molecule has 0 aromatic heterocycles. The number of ketones is 1. The summed E-state index contributed by atoms with van der Waals surface area (Å²) in [7, 11) is 1.27. The highest BCUT2D eigenvalue weighted by atomic mass is 16.5. The number of ether oxygens (including phenoxy) is 2. The second kappa shape index (κ2) is 8.68. The largest absolute Gasteiger partial charge is 0.494 e. The van der Waals surface area contributed by atoms with Gasteiger partial charge < -0.3 is 14.8 Å². The molecule has 0 bridgehead atoms. The van der Waals surface area contributed by atoms with Gasteiger partial charge in [-0.1, -0.05) is 17.7 Å². The smallest absolute Gasteiger partial charge is 0.354 e. The predicted molar refractivity (Wildman–Crippen MR) is 96.8 cm³/mol. The molecule has 5 nitrogen and oxygen atoms in total. The Kier molecular flexibility index (Phi) is 6.34. The van der Waals surface area contributed by atoms with Crippen molar-refractivity contribution in [3.05, 3.63) is 71.4 Å². The summed E-state index contributed by atoms with van der Waals surface area (Å²) in [6.45, 7) is 4.41. The zero-order valence-electron chi connectivity index (χ0n) is 14.5. The van der Waals surface area contributed by atoms with Crippen molar-refractivity contribution in [2.24, 2.45) is 0 Å². The summed E-state index contributed by atoms with van der Waals surface area (Å²) in [5.74, 6) is -0.225.